The fraction of sp³-hybridized carbons (Fsp3) is 0.800. The highest BCUT2D eigenvalue weighted by molar-refractivity contribution is 5.26. The quantitative estimate of drug-likeness (QED) is 0.743. The molecule has 0 heterocycles. The van der Waals surface area contributed by atoms with E-state index in [1.165, 1.54) is 32.1 Å². The third-order valence-electron chi connectivity index (χ3n) is 5.25. The van der Waals surface area contributed by atoms with Gasteiger partial charge in [0.1, 0.15) is 0 Å². The van der Waals surface area contributed by atoms with E-state index in [0.29, 0.717) is 11.5 Å². The SMILES string of the molecule is CC(O)/C(C#N)=C/C1C2CC3CC(C2)CC1C3. The summed E-state index contributed by atoms with van der Waals surface area (Å²) in [6, 6.07) is 2.17. The van der Waals surface area contributed by atoms with Crippen molar-refractivity contribution in [1.82, 2.24) is 0 Å². The van der Waals surface area contributed by atoms with Crippen LogP contribution in [0.25, 0.3) is 0 Å². The number of nitriles is 1. The number of hydrogen-bond donors (Lipinski definition) is 1. The molecular weight excluding hydrogens is 210 g/mol. The van der Waals surface area contributed by atoms with Crippen molar-refractivity contribution in [2.75, 3.05) is 0 Å². The van der Waals surface area contributed by atoms with Crippen LogP contribution < -0.4 is 0 Å². The van der Waals surface area contributed by atoms with E-state index in [-0.39, 0.29) is 0 Å². The molecule has 2 heteroatoms. The molecule has 0 aromatic rings. The van der Waals surface area contributed by atoms with Gasteiger partial charge in [-0.25, -0.2) is 0 Å². The first-order valence-electron chi connectivity index (χ1n) is 6.97. The second-order valence-corrected chi connectivity index (χ2v) is 6.42. The summed E-state index contributed by atoms with van der Waals surface area (Å²) in [6.07, 6.45) is 8.44. The van der Waals surface area contributed by atoms with Crippen LogP contribution >= 0.6 is 0 Å². The van der Waals surface area contributed by atoms with Gasteiger partial charge in [0.05, 0.1) is 17.7 Å². The molecule has 0 aromatic heterocycles. The van der Waals surface area contributed by atoms with E-state index in [2.05, 4.69) is 12.1 Å². The molecule has 0 spiro atoms. The van der Waals surface area contributed by atoms with Crippen LogP contribution in [0.5, 0.6) is 0 Å². The van der Waals surface area contributed by atoms with E-state index in [9.17, 15) is 5.11 Å². The van der Waals surface area contributed by atoms with Crippen molar-refractivity contribution in [2.45, 2.75) is 45.1 Å². The molecule has 0 aromatic carbocycles. The molecule has 0 saturated heterocycles. The van der Waals surface area contributed by atoms with Gasteiger partial charge in [0.25, 0.3) is 0 Å². The molecule has 4 aliphatic carbocycles. The van der Waals surface area contributed by atoms with Gasteiger partial charge in [-0.3, -0.25) is 0 Å². The summed E-state index contributed by atoms with van der Waals surface area (Å²) in [6.45, 7) is 1.70. The summed E-state index contributed by atoms with van der Waals surface area (Å²) < 4.78 is 0. The van der Waals surface area contributed by atoms with Crippen LogP contribution in [-0.2, 0) is 0 Å². The fourth-order valence-corrected chi connectivity index (χ4v) is 4.72. The Morgan fingerprint density at radius 1 is 1.18 bits per heavy atom. The Morgan fingerprint density at radius 3 is 2.12 bits per heavy atom. The molecule has 4 rings (SSSR count). The van der Waals surface area contributed by atoms with Crippen molar-refractivity contribution < 1.29 is 5.11 Å². The number of aliphatic hydroxyl groups excluding tert-OH is 1. The Kier molecular flexibility index (Phi) is 2.75. The van der Waals surface area contributed by atoms with Crippen molar-refractivity contribution in [3.8, 4) is 6.07 Å². The largest absolute Gasteiger partial charge is 0.388 e. The zero-order valence-electron chi connectivity index (χ0n) is 10.5. The smallest absolute Gasteiger partial charge is 0.0971 e. The van der Waals surface area contributed by atoms with Crippen LogP contribution in [0, 0.1) is 40.9 Å². The maximum atomic E-state index is 9.58. The van der Waals surface area contributed by atoms with E-state index >= 15 is 0 Å². The summed E-state index contributed by atoms with van der Waals surface area (Å²) >= 11 is 0. The average Bonchev–Trinajstić information content (AvgIpc) is 2.27. The molecule has 17 heavy (non-hydrogen) atoms. The molecular formula is C15H21NO. The molecule has 4 saturated carbocycles. The van der Waals surface area contributed by atoms with Crippen LogP contribution in [0.4, 0.5) is 0 Å². The van der Waals surface area contributed by atoms with Gasteiger partial charge in [0.2, 0.25) is 0 Å². The lowest BCUT2D eigenvalue weighted by Gasteiger charge is -2.53. The van der Waals surface area contributed by atoms with E-state index in [1.54, 1.807) is 6.92 Å². The first-order valence-corrected chi connectivity index (χ1v) is 6.97. The third kappa shape index (κ3) is 1.91. The molecule has 4 fully saturated rings. The normalized spacial score (nSPS) is 45.7. The van der Waals surface area contributed by atoms with Crippen LogP contribution in [-0.4, -0.2) is 11.2 Å². The van der Waals surface area contributed by atoms with Crippen LogP contribution in [0.3, 0.4) is 0 Å². The van der Waals surface area contributed by atoms with Gasteiger partial charge < -0.3 is 5.11 Å². The summed E-state index contributed by atoms with van der Waals surface area (Å²) in [4.78, 5) is 0. The Balaban J connectivity index is 1.83. The zero-order valence-corrected chi connectivity index (χ0v) is 10.5. The minimum atomic E-state index is -0.600. The minimum Gasteiger partial charge on any atom is -0.388 e. The molecule has 0 amide bonds. The van der Waals surface area contributed by atoms with E-state index in [0.717, 1.165) is 23.7 Å². The molecule has 1 atom stereocenters. The number of allylic oxidation sites excluding steroid dienone is 1. The third-order valence-corrected chi connectivity index (χ3v) is 5.25. The second kappa shape index (κ2) is 4.14. The number of hydrogen-bond acceptors (Lipinski definition) is 2. The average molecular weight is 231 g/mol. The van der Waals surface area contributed by atoms with Gasteiger partial charge in [0.15, 0.2) is 0 Å². The lowest BCUT2D eigenvalue weighted by molar-refractivity contribution is -0.0166. The summed E-state index contributed by atoms with van der Waals surface area (Å²) in [5, 5.41) is 18.6. The lowest BCUT2D eigenvalue weighted by atomic mass is 9.52. The topological polar surface area (TPSA) is 44.0 Å². The first-order chi connectivity index (χ1) is 8.17. The Bertz CT molecular complexity index is 349. The number of nitrogens with zero attached hydrogens (tertiary/aromatic N) is 1. The maximum Gasteiger partial charge on any atom is 0.0971 e. The fourth-order valence-electron chi connectivity index (χ4n) is 4.72. The van der Waals surface area contributed by atoms with Crippen molar-refractivity contribution in [3.05, 3.63) is 11.6 Å². The first kappa shape index (κ1) is 11.3. The van der Waals surface area contributed by atoms with Crippen LogP contribution in [0.1, 0.15) is 39.0 Å². The predicted molar refractivity (Wildman–Crippen MR) is 65.9 cm³/mol. The van der Waals surface area contributed by atoms with Gasteiger partial charge in [0, 0.05) is 0 Å². The molecule has 4 aliphatic rings. The number of rotatable bonds is 2. The van der Waals surface area contributed by atoms with Crippen molar-refractivity contribution in [1.29, 1.82) is 5.26 Å². The Hall–Kier alpha value is -0.810. The van der Waals surface area contributed by atoms with Gasteiger partial charge in [-0.1, -0.05) is 6.08 Å². The van der Waals surface area contributed by atoms with E-state index in [4.69, 9.17) is 5.26 Å². The van der Waals surface area contributed by atoms with Crippen molar-refractivity contribution in [3.63, 3.8) is 0 Å². The van der Waals surface area contributed by atoms with E-state index in [1.807, 2.05) is 0 Å². The second-order valence-electron chi connectivity index (χ2n) is 6.42. The van der Waals surface area contributed by atoms with Gasteiger partial charge in [-0.05, 0) is 68.6 Å². The highest BCUT2D eigenvalue weighted by atomic mass is 16.3. The molecule has 1 N–H and O–H groups in total. The summed E-state index contributed by atoms with van der Waals surface area (Å²) in [5.74, 6) is 4.12. The van der Waals surface area contributed by atoms with Crippen molar-refractivity contribution >= 4 is 0 Å². The predicted octanol–water partition coefficient (Wildman–Crippen LogP) is 2.89. The van der Waals surface area contributed by atoms with Crippen molar-refractivity contribution in [2.24, 2.45) is 29.6 Å². The maximum absolute atomic E-state index is 9.58. The van der Waals surface area contributed by atoms with E-state index < -0.39 is 6.10 Å². The van der Waals surface area contributed by atoms with Crippen LogP contribution in [0.15, 0.2) is 11.6 Å². The monoisotopic (exact) mass is 231 g/mol. The van der Waals surface area contributed by atoms with Gasteiger partial charge >= 0.3 is 0 Å². The Morgan fingerprint density at radius 2 is 1.71 bits per heavy atom. The molecule has 0 radical (unpaired) electrons. The minimum absolute atomic E-state index is 0.576. The highest BCUT2D eigenvalue weighted by Gasteiger charge is 2.47. The number of aliphatic hydroxyl groups is 1. The zero-order chi connectivity index (χ0) is 12.0. The summed E-state index contributed by atoms with van der Waals surface area (Å²) in [7, 11) is 0. The molecule has 2 nitrogen and oxygen atoms in total. The lowest BCUT2D eigenvalue weighted by Crippen LogP contribution is -2.44. The molecule has 4 bridgehead atoms. The van der Waals surface area contributed by atoms with Gasteiger partial charge in [-0.2, -0.15) is 5.26 Å². The highest BCUT2D eigenvalue weighted by Crippen LogP contribution is 2.57. The molecule has 1 unspecified atom stereocenters. The summed E-state index contributed by atoms with van der Waals surface area (Å²) in [5.41, 5.74) is 0.586. The molecule has 0 aliphatic heterocycles. The van der Waals surface area contributed by atoms with Crippen LogP contribution in [0.2, 0.25) is 0 Å². The van der Waals surface area contributed by atoms with Gasteiger partial charge in [-0.15, -0.1) is 0 Å². The Labute approximate surface area is 103 Å². The molecule has 92 valence electrons. The standard InChI is InChI=1S/C15H21NO/c1-9(17)14(8-16)7-15-12-3-10-2-11(5-12)6-13(15)4-10/h7,9-13,15,17H,2-6H2,1H3/b14-7+.